The SMILES string of the molecule is CC(C)CCNC(N)=NCc1ccccc1CN1CCCC1=O.I. The quantitative estimate of drug-likeness (QED) is 0.386. The molecule has 1 amide bonds. The molecule has 0 unspecified atom stereocenters. The van der Waals surface area contributed by atoms with Gasteiger partial charge in [0.15, 0.2) is 5.96 Å². The van der Waals surface area contributed by atoms with E-state index in [1.165, 1.54) is 0 Å². The van der Waals surface area contributed by atoms with Crippen LogP contribution in [0.15, 0.2) is 29.3 Å². The largest absolute Gasteiger partial charge is 0.370 e. The first kappa shape index (κ1) is 20.7. The molecule has 2 rings (SSSR count). The first-order chi connectivity index (χ1) is 11.1. The molecule has 1 fully saturated rings. The summed E-state index contributed by atoms with van der Waals surface area (Å²) in [5.41, 5.74) is 8.20. The van der Waals surface area contributed by atoms with Crippen molar-refractivity contribution in [2.45, 2.75) is 46.2 Å². The molecule has 1 heterocycles. The van der Waals surface area contributed by atoms with Gasteiger partial charge in [0.05, 0.1) is 6.54 Å². The number of nitrogens with two attached hydrogens (primary N) is 1. The molecule has 24 heavy (non-hydrogen) atoms. The van der Waals surface area contributed by atoms with Crippen molar-refractivity contribution in [2.75, 3.05) is 13.1 Å². The standard InChI is InChI=1S/C18H28N4O.HI/c1-14(2)9-10-20-18(19)21-12-15-6-3-4-7-16(15)13-22-11-5-8-17(22)23;/h3-4,6-7,14H,5,8-13H2,1-2H3,(H3,19,20,21);1H. The molecule has 1 aromatic rings. The topological polar surface area (TPSA) is 70.7 Å². The number of likely N-dealkylation sites (tertiary alicyclic amines) is 1. The van der Waals surface area contributed by atoms with Crippen LogP contribution < -0.4 is 11.1 Å². The molecule has 0 aromatic heterocycles. The van der Waals surface area contributed by atoms with Crippen molar-refractivity contribution in [1.82, 2.24) is 10.2 Å². The number of carbonyl (C=O) groups excluding carboxylic acids is 1. The maximum absolute atomic E-state index is 11.8. The van der Waals surface area contributed by atoms with Gasteiger partial charge < -0.3 is 16.0 Å². The number of nitrogens with one attached hydrogen (secondary N) is 1. The van der Waals surface area contributed by atoms with Crippen LogP contribution in [0.3, 0.4) is 0 Å². The highest BCUT2D eigenvalue weighted by Gasteiger charge is 2.20. The summed E-state index contributed by atoms with van der Waals surface area (Å²) >= 11 is 0. The van der Waals surface area contributed by atoms with Crippen LogP contribution in [0.25, 0.3) is 0 Å². The minimum absolute atomic E-state index is 0. The van der Waals surface area contributed by atoms with E-state index in [9.17, 15) is 4.79 Å². The lowest BCUT2D eigenvalue weighted by atomic mass is 10.1. The third-order valence-electron chi connectivity index (χ3n) is 4.10. The van der Waals surface area contributed by atoms with Crippen LogP contribution in [-0.4, -0.2) is 29.9 Å². The zero-order chi connectivity index (χ0) is 16.7. The molecular formula is C18H29IN4O. The second-order valence-electron chi connectivity index (χ2n) is 6.50. The predicted octanol–water partition coefficient (Wildman–Crippen LogP) is 2.88. The molecule has 0 radical (unpaired) electrons. The lowest BCUT2D eigenvalue weighted by Gasteiger charge is -2.17. The van der Waals surface area contributed by atoms with Gasteiger partial charge in [-0.05, 0) is 29.9 Å². The summed E-state index contributed by atoms with van der Waals surface area (Å²) in [6.07, 6.45) is 2.71. The van der Waals surface area contributed by atoms with Crippen molar-refractivity contribution in [3.05, 3.63) is 35.4 Å². The van der Waals surface area contributed by atoms with Gasteiger partial charge in [0, 0.05) is 26.1 Å². The summed E-state index contributed by atoms with van der Waals surface area (Å²) < 4.78 is 0. The van der Waals surface area contributed by atoms with Gasteiger partial charge in [-0.3, -0.25) is 4.79 Å². The molecule has 5 nitrogen and oxygen atoms in total. The van der Waals surface area contributed by atoms with Crippen molar-refractivity contribution < 1.29 is 4.79 Å². The number of guanidine groups is 1. The Balaban J connectivity index is 0.00000288. The minimum Gasteiger partial charge on any atom is -0.370 e. The second kappa shape index (κ2) is 10.5. The van der Waals surface area contributed by atoms with E-state index in [0.29, 0.717) is 31.4 Å². The van der Waals surface area contributed by atoms with E-state index in [4.69, 9.17) is 5.73 Å². The van der Waals surface area contributed by atoms with Gasteiger partial charge in [0.2, 0.25) is 5.91 Å². The molecule has 6 heteroatoms. The maximum Gasteiger partial charge on any atom is 0.222 e. The summed E-state index contributed by atoms with van der Waals surface area (Å²) in [5, 5.41) is 3.15. The number of carbonyl (C=O) groups is 1. The monoisotopic (exact) mass is 444 g/mol. The molecule has 134 valence electrons. The molecule has 1 aromatic carbocycles. The van der Waals surface area contributed by atoms with E-state index in [0.717, 1.165) is 37.1 Å². The smallest absolute Gasteiger partial charge is 0.222 e. The maximum atomic E-state index is 11.8. The lowest BCUT2D eigenvalue weighted by molar-refractivity contribution is -0.128. The number of halogens is 1. The third kappa shape index (κ3) is 6.67. The number of rotatable bonds is 7. The van der Waals surface area contributed by atoms with Crippen molar-refractivity contribution in [3.8, 4) is 0 Å². The highest BCUT2D eigenvalue weighted by molar-refractivity contribution is 14.0. The molecule has 0 atom stereocenters. The van der Waals surface area contributed by atoms with Crippen molar-refractivity contribution in [3.63, 3.8) is 0 Å². The van der Waals surface area contributed by atoms with Crippen LogP contribution in [0.1, 0.15) is 44.2 Å². The van der Waals surface area contributed by atoms with Crippen LogP contribution in [0.5, 0.6) is 0 Å². The van der Waals surface area contributed by atoms with Gasteiger partial charge >= 0.3 is 0 Å². The van der Waals surface area contributed by atoms with Crippen molar-refractivity contribution in [2.24, 2.45) is 16.6 Å². The number of aliphatic imine (C=N–C) groups is 1. The number of amides is 1. The Morgan fingerprint density at radius 2 is 2.04 bits per heavy atom. The van der Waals surface area contributed by atoms with Crippen LogP contribution in [0.4, 0.5) is 0 Å². The molecule has 0 aliphatic carbocycles. The van der Waals surface area contributed by atoms with Crippen LogP contribution in [0.2, 0.25) is 0 Å². The van der Waals surface area contributed by atoms with E-state index >= 15 is 0 Å². The van der Waals surface area contributed by atoms with Crippen molar-refractivity contribution in [1.29, 1.82) is 0 Å². The van der Waals surface area contributed by atoms with Gasteiger partial charge in [0.1, 0.15) is 0 Å². The molecule has 1 aliphatic heterocycles. The van der Waals surface area contributed by atoms with Crippen molar-refractivity contribution >= 4 is 35.8 Å². The van der Waals surface area contributed by atoms with Gasteiger partial charge in [-0.2, -0.15) is 0 Å². The Kier molecular flexibility index (Phi) is 9.10. The Morgan fingerprint density at radius 1 is 1.33 bits per heavy atom. The van der Waals surface area contributed by atoms with Gasteiger partial charge in [-0.1, -0.05) is 38.1 Å². The minimum atomic E-state index is 0. The molecule has 0 spiro atoms. The zero-order valence-electron chi connectivity index (χ0n) is 14.6. The van der Waals surface area contributed by atoms with Gasteiger partial charge in [-0.25, -0.2) is 4.99 Å². The number of nitrogens with zero attached hydrogens (tertiary/aromatic N) is 2. The first-order valence-corrected chi connectivity index (χ1v) is 8.44. The Hall–Kier alpha value is -1.31. The molecule has 0 bridgehead atoms. The van der Waals surface area contributed by atoms with E-state index in [2.05, 4.69) is 36.3 Å². The van der Waals surface area contributed by atoms with Gasteiger partial charge in [0.25, 0.3) is 0 Å². The second-order valence-corrected chi connectivity index (χ2v) is 6.50. The molecule has 1 saturated heterocycles. The first-order valence-electron chi connectivity index (χ1n) is 8.44. The number of hydrogen-bond acceptors (Lipinski definition) is 2. The average molecular weight is 444 g/mol. The highest BCUT2D eigenvalue weighted by Crippen LogP contribution is 2.17. The van der Waals surface area contributed by atoms with E-state index in [1.807, 2.05) is 17.0 Å². The summed E-state index contributed by atoms with van der Waals surface area (Å²) in [6, 6.07) is 8.13. The van der Waals surface area contributed by atoms with E-state index in [-0.39, 0.29) is 29.9 Å². The lowest BCUT2D eigenvalue weighted by Crippen LogP contribution is -2.33. The Bertz CT molecular complexity index is 560. The van der Waals surface area contributed by atoms with Gasteiger partial charge in [-0.15, -0.1) is 24.0 Å². The highest BCUT2D eigenvalue weighted by atomic mass is 127. The average Bonchev–Trinajstić information content (AvgIpc) is 2.91. The molecular weight excluding hydrogens is 415 g/mol. The normalized spacial score (nSPS) is 14.9. The summed E-state index contributed by atoms with van der Waals surface area (Å²) in [7, 11) is 0. The van der Waals surface area contributed by atoms with E-state index < -0.39 is 0 Å². The Morgan fingerprint density at radius 3 is 2.67 bits per heavy atom. The Labute approximate surface area is 162 Å². The molecule has 1 aliphatic rings. The fourth-order valence-corrected chi connectivity index (χ4v) is 2.66. The fourth-order valence-electron chi connectivity index (χ4n) is 2.66. The summed E-state index contributed by atoms with van der Waals surface area (Å²) in [6.45, 7) is 7.28. The van der Waals surface area contributed by atoms with Crippen LogP contribution in [0, 0.1) is 5.92 Å². The molecule has 3 N–H and O–H groups in total. The fraction of sp³-hybridized carbons (Fsp3) is 0.556. The predicted molar refractivity (Wildman–Crippen MR) is 109 cm³/mol. The van der Waals surface area contributed by atoms with E-state index in [1.54, 1.807) is 0 Å². The molecule has 0 saturated carbocycles. The third-order valence-corrected chi connectivity index (χ3v) is 4.10. The number of benzene rings is 1. The zero-order valence-corrected chi connectivity index (χ0v) is 17.0. The van der Waals surface area contributed by atoms with Crippen LogP contribution in [-0.2, 0) is 17.9 Å². The summed E-state index contributed by atoms with van der Waals surface area (Å²) in [5.74, 6) is 1.38. The summed E-state index contributed by atoms with van der Waals surface area (Å²) in [4.78, 5) is 18.1. The number of hydrogen-bond donors (Lipinski definition) is 2. The van der Waals surface area contributed by atoms with Crippen LogP contribution >= 0.6 is 24.0 Å².